The highest BCUT2D eigenvalue weighted by molar-refractivity contribution is 5.81. The average molecular weight is 282 g/mol. The minimum absolute atomic E-state index is 0.0758. The standard InChI is InChI=1S/C16H30N2O2/c1-4-6-11-18(13-7-8-13)14-9-10-16(12-14,17-5-2)15(19)20-3/h13-14,17H,4-12H2,1-3H3. The maximum absolute atomic E-state index is 12.2. The van der Waals surface area contributed by atoms with Crippen molar-refractivity contribution in [1.82, 2.24) is 10.2 Å². The van der Waals surface area contributed by atoms with Crippen LogP contribution in [0.2, 0.25) is 0 Å². The molecule has 0 heterocycles. The van der Waals surface area contributed by atoms with Crippen molar-refractivity contribution in [2.75, 3.05) is 20.2 Å². The Balaban J connectivity index is 2.01. The predicted octanol–water partition coefficient (Wildman–Crippen LogP) is 2.32. The molecule has 0 bridgehead atoms. The fourth-order valence-corrected chi connectivity index (χ4v) is 3.66. The molecule has 0 aliphatic heterocycles. The Kier molecular flexibility index (Phi) is 5.44. The van der Waals surface area contributed by atoms with Crippen molar-refractivity contribution < 1.29 is 9.53 Å². The summed E-state index contributed by atoms with van der Waals surface area (Å²) in [7, 11) is 1.50. The van der Waals surface area contributed by atoms with E-state index in [4.69, 9.17) is 4.74 Å². The number of rotatable bonds is 8. The number of esters is 1. The number of carbonyl (C=O) groups is 1. The van der Waals surface area contributed by atoms with Gasteiger partial charge in [0, 0.05) is 12.1 Å². The van der Waals surface area contributed by atoms with Gasteiger partial charge in [0.05, 0.1) is 7.11 Å². The van der Waals surface area contributed by atoms with E-state index in [1.54, 1.807) is 0 Å². The molecule has 0 spiro atoms. The van der Waals surface area contributed by atoms with Crippen LogP contribution >= 0.6 is 0 Å². The van der Waals surface area contributed by atoms with Gasteiger partial charge in [-0.1, -0.05) is 20.3 Å². The number of carbonyl (C=O) groups excluding carboxylic acids is 1. The van der Waals surface area contributed by atoms with Gasteiger partial charge in [-0.25, -0.2) is 0 Å². The SMILES string of the molecule is CCCCN(C1CC1)C1CCC(NCC)(C(=O)OC)C1. The molecule has 2 saturated carbocycles. The Morgan fingerprint density at radius 2 is 2.05 bits per heavy atom. The third-order valence-electron chi connectivity index (χ3n) is 4.83. The number of ether oxygens (including phenoxy) is 1. The van der Waals surface area contributed by atoms with Crippen LogP contribution in [0.3, 0.4) is 0 Å². The second kappa shape index (κ2) is 6.90. The van der Waals surface area contributed by atoms with Crippen LogP contribution in [0.4, 0.5) is 0 Å². The smallest absolute Gasteiger partial charge is 0.326 e. The van der Waals surface area contributed by atoms with E-state index in [9.17, 15) is 4.79 Å². The first kappa shape index (κ1) is 15.8. The minimum Gasteiger partial charge on any atom is -0.468 e. The monoisotopic (exact) mass is 282 g/mol. The third-order valence-corrected chi connectivity index (χ3v) is 4.83. The zero-order chi connectivity index (χ0) is 14.6. The molecule has 116 valence electrons. The fourth-order valence-electron chi connectivity index (χ4n) is 3.66. The molecule has 2 unspecified atom stereocenters. The lowest BCUT2D eigenvalue weighted by Gasteiger charge is -2.32. The summed E-state index contributed by atoms with van der Waals surface area (Å²) < 4.78 is 5.06. The first-order valence-electron chi connectivity index (χ1n) is 8.26. The maximum atomic E-state index is 12.2. The van der Waals surface area contributed by atoms with Crippen LogP contribution in [0.5, 0.6) is 0 Å². The fraction of sp³-hybridized carbons (Fsp3) is 0.938. The molecule has 4 nitrogen and oxygen atoms in total. The molecule has 0 aromatic heterocycles. The summed E-state index contributed by atoms with van der Waals surface area (Å²) in [6.07, 6.45) is 8.12. The zero-order valence-electron chi connectivity index (χ0n) is 13.3. The van der Waals surface area contributed by atoms with Crippen LogP contribution < -0.4 is 5.32 Å². The highest BCUT2D eigenvalue weighted by Crippen LogP contribution is 2.39. The van der Waals surface area contributed by atoms with Crippen molar-refractivity contribution in [2.45, 2.75) is 76.4 Å². The van der Waals surface area contributed by atoms with Crippen molar-refractivity contribution in [3.63, 3.8) is 0 Å². The Labute approximate surface area is 123 Å². The summed E-state index contributed by atoms with van der Waals surface area (Å²) in [6.45, 7) is 6.32. The van der Waals surface area contributed by atoms with Gasteiger partial charge in [0.15, 0.2) is 0 Å². The summed E-state index contributed by atoms with van der Waals surface area (Å²) in [5.74, 6) is -0.0758. The molecule has 0 aromatic rings. The molecule has 0 radical (unpaired) electrons. The molecule has 0 aromatic carbocycles. The predicted molar refractivity (Wildman–Crippen MR) is 80.7 cm³/mol. The Hall–Kier alpha value is -0.610. The topological polar surface area (TPSA) is 41.6 Å². The number of methoxy groups -OCH3 is 1. The van der Waals surface area contributed by atoms with Crippen LogP contribution in [0.1, 0.15) is 58.8 Å². The molecule has 2 aliphatic carbocycles. The Morgan fingerprint density at radius 1 is 1.30 bits per heavy atom. The van der Waals surface area contributed by atoms with Crippen molar-refractivity contribution >= 4 is 5.97 Å². The highest BCUT2D eigenvalue weighted by atomic mass is 16.5. The van der Waals surface area contributed by atoms with Crippen molar-refractivity contribution in [3.05, 3.63) is 0 Å². The number of likely N-dealkylation sites (N-methyl/N-ethyl adjacent to an activating group) is 1. The van der Waals surface area contributed by atoms with E-state index in [2.05, 4.69) is 24.1 Å². The lowest BCUT2D eigenvalue weighted by Crippen LogP contribution is -2.52. The van der Waals surface area contributed by atoms with Crippen molar-refractivity contribution in [1.29, 1.82) is 0 Å². The van der Waals surface area contributed by atoms with E-state index in [-0.39, 0.29) is 5.97 Å². The molecule has 4 heteroatoms. The molecule has 2 atom stereocenters. The minimum atomic E-state index is -0.437. The molecular formula is C16H30N2O2. The highest BCUT2D eigenvalue weighted by Gasteiger charge is 2.48. The van der Waals surface area contributed by atoms with E-state index in [0.717, 1.165) is 31.8 Å². The van der Waals surface area contributed by atoms with E-state index in [0.29, 0.717) is 6.04 Å². The Bertz CT molecular complexity index is 330. The van der Waals surface area contributed by atoms with E-state index in [1.807, 2.05) is 0 Å². The molecule has 20 heavy (non-hydrogen) atoms. The lowest BCUT2D eigenvalue weighted by atomic mass is 9.97. The molecule has 0 amide bonds. The van der Waals surface area contributed by atoms with E-state index in [1.165, 1.54) is 39.3 Å². The van der Waals surface area contributed by atoms with Crippen LogP contribution in [-0.4, -0.2) is 48.7 Å². The molecule has 0 saturated heterocycles. The summed E-state index contributed by atoms with van der Waals surface area (Å²) in [4.78, 5) is 14.9. The lowest BCUT2D eigenvalue weighted by molar-refractivity contribution is -0.148. The van der Waals surface area contributed by atoms with Gasteiger partial charge in [0.25, 0.3) is 0 Å². The van der Waals surface area contributed by atoms with E-state index < -0.39 is 5.54 Å². The maximum Gasteiger partial charge on any atom is 0.326 e. The van der Waals surface area contributed by atoms with Crippen LogP contribution in [0, 0.1) is 0 Å². The van der Waals surface area contributed by atoms with E-state index >= 15 is 0 Å². The van der Waals surface area contributed by atoms with Crippen LogP contribution in [-0.2, 0) is 9.53 Å². The van der Waals surface area contributed by atoms with Gasteiger partial charge in [-0.15, -0.1) is 0 Å². The van der Waals surface area contributed by atoms with Gasteiger partial charge in [0.1, 0.15) is 5.54 Å². The summed E-state index contributed by atoms with van der Waals surface area (Å²) >= 11 is 0. The van der Waals surface area contributed by atoms with Crippen LogP contribution in [0.15, 0.2) is 0 Å². The molecule has 1 N–H and O–H groups in total. The molecule has 2 rings (SSSR count). The van der Waals surface area contributed by atoms with Gasteiger partial charge in [-0.3, -0.25) is 9.69 Å². The van der Waals surface area contributed by atoms with Gasteiger partial charge >= 0.3 is 5.97 Å². The number of nitrogens with one attached hydrogen (secondary N) is 1. The van der Waals surface area contributed by atoms with Gasteiger partial charge in [-0.2, -0.15) is 0 Å². The molecule has 2 fully saturated rings. The zero-order valence-corrected chi connectivity index (χ0v) is 13.3. The Morgan fingerprint density at radius 3 is 2.60 bits per heavy atom. The third kappa shape index (κ3) is 3.34. The molecule has 2 aliphatic rings. The average Bonchev–Trinajstić information content (AvgIpc) is 3.20. The number of hydrogen-bond acceptors (Lipinski definition) is 4. The largest absolute Gasteiger partial charge is 0.468 e. The number of unbranched alkanes of at least 4 members (excludes halogenated alkanes) is 1. The van der Waals surface area contributed by atoms with Crippen LogP contribution in [0.25, 0.3) is 0 Å². The summed E-state index contributed by atoms with van der Waals surface area (Å²) in [6, 6.07) is 1.33. The van der Waals surface area contributed by atoms with Gasteiger partial charge < -0.3 is 10.1 Å². The quantitative estimate of drug-likeness (QED) is 0.694. The molecular weight excluding hydrogens is 252 g/mol. The first-order valence-corrected chi connectivity index (χ1v) is 8.26. The van der Waals surface area contributed by atoms with Gasteiger partial charge in [0.2, 0.25) is 0 Å². The van der Waals surface area contributed by atoms with Crippen molar-refractivity contribution in [2.24, 2.45) is 0 Å². The van der Waals surface area contributed by atoms with Gasteiger partial charge in [-0.05, 0) is 51.6 Å². The summed E-state index contributed by atoms with van der Waals surface area (Å²) in [5.41, 5.74) is -0.437. The number of nitrogens with zero attached hydrogens (tertiary/aromatic N) is 1. The number of hydrogen-bond donors (Lipinski definition) is 1. The second-order valence-electron chi connectivity index (χ2n) is 6.32. The second-order valence-corrected chi connectivity index (χ2v) is 6.32. The van der Waals surface area contributed by atoms with Crippen molar-refractivity contribution in [3.8, 4) is 0 Å². The summed E-state index contributed by atoms with van der Waals surface area (Å²) in [5, 5.41) is 3.41. The normalized spacial score (nSPS) is 29.9. The first-order chi connectivity index (χ1) is 9.66.